The number of rotatable bonds is 5. The van der Waals surface area contributed by atoms with Crippen LogP contribution < -0.4 is 0 Å². The van der Waals surface area contributed by atoms with Crippen molar-refractivity contribution in [1.82, 2.24) is 9.80 Å². The average molecular weight is 461 g/mol. The molecule has 1 N–H and O–H groups in total. The van der Waals surface area contributed by atoms with E-state index in [9.17, 15) is 14.7 Å². The summed E-state index contributed by atoms with van der Waals surface area (Å²) in [7, 11) is 0. The Kier molecular flexibility index (Phi) is 6.62. The molecule has 2 heterocycles. The van der Waals surface area contributed by atoms with Gasteiger partial charge in [0.25, 0.3) is 11.7 Å². The first kappa shape index (κ1) is 21.8. The fraction of sp³-hybridized carbons (Fsp3) is 0.304. The number of aliphatic hydroxyl groups excluding tert-OH is 1. The van der Waals surface area contributed by atoms with Gasteiger partial charge in [-0.15, -0.1) is 0 Å². The molecule has 0 radical (unpaired) electrons. The van der Waals surface area contributed by atoms with Crippen LogP contribution in [0.3, 0.4) is 0 Å². The minimum absolute atomic E-state index is 0.0663. The van der Waals surface area contributed by atoms with Crippen LogP contribution >= 0.6 is 23.2 Å². The van der Waals surface area contributed by atoms with Gasteiger partial charge in [0.1, 0.15) is 5.76 Å². The Morgan fingerprint density at radius 1 is 0.935 bits per heavy atom. The predicted octanol–water partition coefficient (Wildman–Crippen LogP) is 3.75. The normalized spacial score (nSPS) is 21.6. The summed E-state index contributed by atoms with van der Waals surface area (Å²) in [5, 5.41) is 12.1. The molecule has 1 unspecified atom stereocenters. The molecule has 8 heteroatoms. The number of halogens is 2. The maximum atomic E-state index is 13.0. The second-order valence-corrected chi connectivity index (χ2v) is 8.38. The minimum atomic E-state index is -0.700. The second kappa shape index (κ2) is 9.40. The van der Waals surface area contributed by atoms with Crippen LogP contribution in [0.1, 0.15) is 17.2 Å². The Morgan fingerprint density at radius 2 is 1.52 bits per heavy atom. The highest BCUT2D eigenvalue weighted by molar-refractivity contribution is 6.46. The average Bonchev–Trinajstić information content (AvgIpc) is 3.04. The van der Waals surface area contributed by atoms with Gasteiger partial charge in [0.2, 0.25) is 0 Å². The Labute approximate surface area is 190 Å². The highest BCUT2D eigenvalue weighted by Crippen LogP contribution is 2.39. The van der Waals surface area contributed by atoms with Crippen molar-refractivity contribution < 1.29 is 19.4 Å². The van der Waals surface area contributed by atoms with E-state index in [1.807, 2.05) is 0 Å². The molecule has 0 aliphatic carbocycles. The summed E-state index contributed by atoms with van der Waals surface area (Å²) >= 11 is 12.0. The first-order valence-electron chi connectivity index (χ1n) is 10.1. The Bertz CT molecular complexity index is 999. The van der Waals surface area contributed by atoms with Crippen LogP contribution in [0.2, 0.25) is 10.0 Å². The van der Waals surface area contributed by atoms with Gasteiger partial charge in [0, 0.05) is 41.8 Å². The van der Waals surface area contributed by atoms with Crippen LogP contribution in [-0.4, -0.2) is 66.0 Å². The largest absolute Gasteiger partial charge is 0.507 e. The lowest BCUT2D eigenvalue weighted by Crippen LogP contribution is -2.42. The lowest BCUT2D eigenvalue weighted by molar-refractivity contribution is -0.140. The van der Waals surface area contributed by atoms with Gasteiger partial charge >= 0.3 is 0 Å². The van der Waals surface area contributed by atoms with Gasteiger partial charge < -0.3 is 14.7 Å². The number of benzene rings is 2. The van der Waals surface area contributed by atoms with Crippen LogP contribution in [0.15, 0.2) is 54.1 Å². The van der Waals surface area contributed by atoms with E-state index in [2.05, 4.69) is 4.90 Å². The second-order valence-electron chi connectivity index (χ2n) is 7.50. The summed E-state index contributed by atoms with van der Waals surface area (Å²) in [6.07, 6.45) is 0. The molecule has 0 spiro atoms. The van der Waals surface area contributed by atoms with Crippen LogP contribution in [0.25, 0.3) is 5.76 Å². The molecule has 2 fully saturated rings. The number of nitrogens with zero attached hydrogens (tertiary/aromatic N) is 2. The van der Waals surface area contributed by atoms with Crippen molar-refractivity contribution in [2.45, 2.75) is 6.04 Å². The molecule has 1 amide bonds. The summed E-state index contributed by atoms with van der Waals surface area (Å²) in [5.41, 5.74) is 1.20. The van der Waals surface area contributed by atoms with Crippen molar-refractivity contribution in [3.05, 3.63) is 75.3 Å². The molecule has 0 saturated carbocycles. The lowest BCUT2D eigenvalue weighted by Gasteiger charge is -2.31. The van der Waals surface area contributed by atoms with E-state index in [1.165, 1.54) is 4.90 Å². The van der Waals surface area contributed by atoms with Crippen LogP contribution in [0.4, 0.5) is 0 Å². The number of ketones is 1. The van der Waals surface area contributed by atoms with E-state index in [0.29, 0.717) is 47.5 Å². The van der Waals surface area contributed by atoms with E-state index in [-0.39, 0.29) is 11.3 Å². The monoisotopic (exact) mass is 460 g/mol. The minimum Gasteiger partial charge on any atom is -0.507 e. The van der Waals surface area contributed by atoms with E-state index < -0.39 is 17.7 Å². The van der Waals surface area contributed by atoms with Crippen molar-refractivity contribution in [3.63, 3.8) is 0 Å². The summed E-state index contributed by atoms with van der Waals surface area (Å²) in [5.74, 6) is -1.54. The van der Waals surface area contributed by atoms with Gasteiger partial charge in [0.15, 0.2) is 0 Å². The maximum Gasteiger partial charge on any atom is 0.295 e. The lowest BCUT2D eigenvalue weighted by atomic mass is 9.95. The van der Waals surface area contributed by atoms with E-state index in [4.69, 9.17) is 27.9 Å². The third-order valence-corrected chi connectivity index (χ3v) is 6.11. The number of amides is 1. The van der Waals surface area contributed by atoms with Crippen molar-refractivity contribution in [3.8, 4) is 0 Å². The van der Waals surface area contributed by atoms with Crippen molar-refractivity contribution in [2.24, 2.45) is 0 Å². The van der Waals surface area contributed by atoms with Crippen molar-refractivity contribution in [1.29, 1.82) is 0 Å². The van der Waals surface area contributed by atoms with E-state index in [0.717, 1.165) is 13.1 Å². The number of likely N-dealkylation sites (tertiary alicyclic amines) is 1. The molecule has 0 aromatic heterocycles. The zero-order chi connectivity index (χ0) is 22.0. The number of ether oxygens (including phenoxy) is 1. The molecule has 2 saturated heterocycles. The predicted molar refractivity (Wildman–Crippen MR) is 119 cm³/mol. The summed E-state index contributed by atoms with van der Waals surface area (Å²) in [6.45, 7) is 3.82. The molecule has 162 valence electrons. The van der Waals surface area contributed by atoms with Crippen LogP contribution in [0, 0.1) is 0 Å². The van der Waals surface area contributed by atoms with E-state index >= 15 is 0 Å². The van der Waals surface area contributed by atoms with Gasteiger partial charge in [-0.05, 0) is 42.0 Å². The molecule has 2 aromatic rings. The third kappa shape index (κ3) is 4.62. The summed E-state index contributed by atoms with van der Waals surface area (Å²) in [4.78, 5) is 29.7. The van der Waals surface area contributed by atoms with Gasteiger partial charge in [-0.1, -0.05) is 35.3 Å². The first-order valence-corrected chi connectivity index (χ1v) is 10.8. The first-order chi connectivity index (χ1) is 15.0. The number of carbonyl (C=O) groups excluding carboxylic acids is 2. The molecule has 2 aliphatic rings. The molecule has 2 aromatic carbocycles. The summed E-state index contributed by atoms with van der Waals surface area (Å²) in [6, 6.07) is 12.8. The van der Waals surface area contributed by atoms with Crippen LogP contribution in [-0.2, 0) is 14.3 Å². The smallest absolute Gasteiger partial charge is 0.295 e. The molecule has 2 aliphatic heterocycles. The number of hydrogen-bond donors (Lipinski definition) is 1. The molecular weight excluding hydrogens is 439 g/mol. The number of Topliss-reactive ketones (excluding diaryl/α,β-unsaturated/α-hetero) is 1. The number of hydrogen-bond acceptors (Lipinski definition) is 5. The standard InChI is InChI=1S/C23H22Cl2N2O4/c24-17-5-1-15(2-6-17)20-19(21(28)16-3-7-18(25)8-4-16)22(29)23(30)27(20)10-9-26-11-13-31-14-12-26/h1-8,20,28H,9-14H2/b21-19-. The van der Waals surface area contributed by atoms with Gasteiger partial charge in [-0.25, -0.2) is 0 Å². The molecule has 0 bridgehead atoms. The zero-order valence-corrected chi connectivity index (χ0v) is 18.3. The fourth-order valence-corrected chi connectivity index (χ4v) is 4.19. The fourth-order valence-electron chi connectivity index (χ4n) is 3.94. The molecular formula is C23H22Cl2N2O4. The molecule has 4 rings (SSSR count). The number of morpholine rings is 1. The topological polar surface area (TPSA) is 70.1 Å². The Balaban J connectivity index is 1.72. The maximum absolute atomic E-state index is 13.0. The van der Waals surface area contributed by atoms with Crippen molar-refractivity contribution >= 4 is 40.7 Å². The van der Waals surface area contributed by atoms with Crippen molar-refractivity contribution in [2.75, 3.05) is 39.4 Å². The highest BCUT2D eigenvalue weighted by atomic mass is 35.5. The Hall–Kier alpha value is -2.38. The zero-order valence-electron chi connectivity index (χ0n) is 16.8. The molecule has 6 nitrogen and oxygen atoms in total. The number of carbonyl (C=O) groups is 2. The van der Waals surface area contributed by atoms with Gasteiger partial charge in [0.05, 0.1) is 24.8 Å². The van der Waals surface area contributed by atoms with Gasteiger partial charge in [-0.2, -0.15) is 0 Å². The van der Waals surface area contributed by atoms with Gasteiger partial charge in [-0.3, -0.25) is 14.5 Å². The number of aliphatic hydroxyl groups is 1. The quantitative estimate of drug-likeness (QED) is 0.418. The summed E-state index contributed by atoms with van der Waals surface area (Å²) < 4.78 is 5.38. The SMILES string of the molecule is O=C1C(=O)N(CCN2CCOCC2)C(c2ccc(Cl)cc2)/C1=C(/O)c1ccc(Cl)cc1. The Morgan fingerprint density at radius 3 is 2.13 bits per heavy atom. The molecule has 1 atom stereocenters. The highest BCUT2D eigenvalue weighted by Gasteiger charge is 2.46. The third-order valence-electron chi connectivity index (χ3n) is 5.60. The van der Waals surface area contributed by atoms with Crippen LogP contribution in [0.5, 0.6) is 0 Å². The van der Waals surface area contributed by atoms with E-state index in [1.54, 1.807) is 48.5 Å². The molecule has 31 heavy (non-hydrogen) atoms.